The average molecular weight is 327 g/mol. The number of rotatable bonds is 8. The van der Waals surface area contributed by atoms with Crippen molar-refractivity contribution in [1.29, 1.82) is 0 Å². The van der Waals surface area contributed by atoms with Crippen molar-refractivity contribution in [2.24, 2.45) is 0 Å². The lowest BCUT2D eigenvalue weighted by Crippen LogP contribution is -2.30. The van der Waals surface area contributed by atoms with Gasteiger partial charge in [-0.15, -0.1) is 0 Å². The van der Waals surface area contributed by atoms with Crippen LogP contribution >= 0.6 is 0 Å². The Morgan fingerprint density at radius 3 is 2.33 bits per heavy atom. The van der Waals surface area contributed by atoms with Crippen LogP contribution in [-0.4, -0.2) is 23.6 Å². The molecule has 0 aliphatic carbocycles. The van der Waals surface area contributed by atoms with Gasteiger partial charge in [-0.1, -0.05) is 37.3 Å². The lowest BCUT2D eigenvalue weighted by Gasteiger charge is -2.18. The van der Waals surface area contributed by atoms with Crippen LogP contribution in [0.5, 0.6) is 5.75 Å². The van der Waals surface area contributed by atoms with Gasteiger partial charge in [-0.25, -0.2) is 0 Å². The van der Waals surface area contributed by atoms with Crippen molar-refractivity contribution >= 4 is 11.9 Å². The second-order valence-electron chi connectivity index (χ2n) is 5.41. The van der Waals surface area contributed by atoms with Crippen molar-refractivity contribution < 1.29 is 19.4 Å². The Kier molecular flexibility index (Phi) is 6.37. The van der Waals surface area contributed by atoms with Gasteiger partial charge in [0.05, 0.1) is 19.1 Å². The summed E-state index contributed by atoms with van der Waals surface area (Å²) in [4.78, 5) is 23.4. The molecule has 0 unspecified atom stereocenters. The van der Waals surface area contributed by atoms with Crippen LogP contribution in [0, 0.1) is 0 Å². The highest BCUT2D eigenvalue weighted by molar-refractivity contribution is 5.94. The lowest BCUT2D eigenvalue weighted by atomic mass is 10.0. The summed E-state index contributed by atoms with van der Waals surface area (Å²) in [6.07, 6.45) is 0.726. The summed E-state index contributed by atoms with van der Waals surface area (Å²) in [5, 5.41) is 11.9. The summed E-state index contributed by atoms with van der Waals surface area (Å²) in [6, 6.07) is 15.3. The number of benzene rings is 2. The minimum absolute atomic E-state index is 0.187. The molecular formula is C19H21NO4. The highest BCUT2D eigenvalue weighted by Crippen LogP contribution is 2.21. The summed E-state index contributed by atoms with van der Waals surface area (Å²) in [7, 11) is 0. The maximum atomic E-state index is 12.3. The van der Waals surface area contributed by atoms with Gasteiger partial charge in [0.1, 0.15) is 5.75 Å². The van der Waals surface area contributed by atoms with Crippen LogP contribution in [0.4, 0.5) is 0 Å². The zero-order chi connectivity index (χ0) is 17.4. The molecule has 2 rings (SSSR count). The summed E-state index contributed by atoms with van der Waals surface area (Å²) >= 11 is 0. The zero-order valence-corrected chi connectivity index (χ0v) is 13.6. The molecule has 24 heavy (non-hydrogen) atoms. The van der Waals surface area contributed by atoms with Gasteiger partial charge in [-0.3, -0.25) is 9.59 Å². The minimum atomic E-state index is -0.973. The van der Waals surface area contributed by atoms with Crippen molar-refractivity contribution in [2.45, 2.75) is 25.8 Å². The molecule has 0 bridgehead atoms. The number of carboxylic acid groups (broad SMARTS) is 1. The van der Waals surface area contributed by atoms with Gasteiger partial charge in [0.25, 0.3) is 5.91 Å². The van der Waals surface area contributed by atoms with E-state index in [4.69, 9.17) is 9.84 Å². The molecule has 2 N–H and O–H groups in total. The van der Waals surface area contributed by atoms with Gasteiger partial charge in [-0.05, 0) is 36.2 Å². The predicted octanol–water partition coefficient (Wildman–Crippen LogP) is 3.42. The van der Waals surface area contributed by atoms with Gasteiger partial charge in [0.2, 0.25) is 0 Å². The number of hydrogen-bond donors (Lipinski definition) is 2. The van der Waals surface area contributed by atoms with Crippen LogP contribution in [0.3, 0.4) is 0 Å². The molecule has 0 aromatic heterocycles. The van der Waals surface area contributed by atoms with Crippen molar-refractivity contribution in [3.05, 3.63) is 65.7 Å². The van der Waals surface area contributed by atoms with Crippen LogP contribution in [0.25, 0.3) is 0 Å². The topological polar surface area (TPSA) is 75.6 Å². The minimum Gasteiger partial charge on any atom is -0.494 e. The first-order valence-corrected chi connectivity index (χ1v) is 7.90. The molecule has 5 heteroatoms. The number of ether oxygens (including phenoxy) is 1. The van der Waals surface area contributed by atoms with Crippen molar-refractivity contribution in [1.82, 2.24) is 5.32 Å². The van der Waals surface area contributed by atoms with E-state index >= 15 is 0 Å². The summed E-state index contributed by atoms with van der Waals surface area (Å²) in [5.74, 6) is -0.545. The molecule has 0 aliphatic heterocycles. The van der Waals surface area contributed by atoms with E-state index in [-0.39, 0.29) is 12.3 Å². The number of carbonyl (C=O) groups is 2. The molecule has 0 saturated heterocycles. The summed E-state index contributed by atoms with van der Waals surface area (Å²) < 4.78 is 5.52. The monoisotopic (exact) mass is 327 g/mol. The molecule has 0 aliphatic rings. The molecular weight excluding hydrogens is 306 g/mol. The zero-order valence-electron chi connectivity index (χ0n) is 13.6. The number of hydrogen-bond acceptors (Lipinski definition) is 3. The molecule has 1 amide bonds. The van der Waals surface area contributed by atoms with Crippen molar-refractivity contribution in [3.8, 4) is 5.75 Å². The Balaban J connectivity index is 2.12. The first-order valence-electron chi connectivity index (χ1n) is 7.90. The van der Waals surface area contributed by atoms with E-state index in [1.54, 1.807) is 48.5 Å². The molecule has 0 heterocycles. The lowest BCUT2D eigenvalue weighted by molar-refractivity contribution is -0.137. The Morgan fingerprint density at radius 2 is 1.75 bits per heavy atom. The Labute approximate surface area is 141 Å². The highest BCUT2D eigenvalue weighted by atomic mass is 16.5. The second-order valence-corrected chi connectivity index (χ2v) is 5.41. The van der Waals surface area contributed by atoms with Gasteiger partial charge >= 0.3 is 5.97 Å². The number of aliphatic carboxylic acids is 1. The fourth-order valence-corrected chi connectivity index (χ4v) is 2.27. The van der Waals surface area contributed by atoms with E-state index in [2.05, 4.69) is 5.32 Å². The Hall–Kier alpha value is -2.82. The fourth-order valence-electron chi connectivity index (χ4n) is 2.27. The molecule has 0 spiro atoms. The first kappa shape index (κ1) is 17.5. The molecule has 5 nitrogen and oxygen atoms in total. The van der Waals surface area contributed by atoms with Crippen LogP contribution < -0.4 is 10.1 Å². The number of carboxylic acids is 1. The third-order valence-corrected chi connectivity index (χ3v) is 3.48. The second kappa shape index (κ2) is 8.72. The fraction of sp³-hybridized carbons (Fsp3) is 0.263. The molecule has 2 aromatic carbocycles. The van der Waals surface area contributed by atoms with E-state index in [1.165, 1.54) is 0 Å². The quantitative estimate of drug-likeness (QED) is 0.779. The summed E-state index contributed by atoms with van der Waals surface area (Å²) in [6.45, 7) is 2.65. The largest absolute Gasteiger partial charge is 0.494 e. The number of nitrogens with one attached hydrogen (secondary N) is 1. The third-order valence-electron chi connectivity index (χ3n) is 3.48. The standard InChI is InChI=1S/C19H21NO4/c1-2-12-24-16-10-8-14(9-11-16)17(13-18(21)22)20-19(23)15-6-4-3-5-7-15/h3-11,17H,2,12-13H2,1H3,(H,20,23)(H,21,22)/t17-/m1/s1. The van der Waals surface area contributed by atoms with Crippen LogP contribution in [0.15, 0.2) is 54.6 Å². The van der Waals surface area contributed by atoms with E-state index in [0.717, 1.165) is 17.7 Å². The normalized spacial score (nSPS) is 11.5. The predicted molar refractivity (Wildman–Crippen MR) is 91.1 cm³/mol. The SMILES string of the molecule is CCCOc1ccc([C@@H](CC(=O)O)NC(=O)c2ccccc2)cc1. The van der Waals surface area contributed by atoms with Crippen LogP contribution in [-0.2, 0) is 4.79 Å². The molecule has 1 atom stereocenters. The third kappa shape index (κ3) is 5.12. The highest BCUT2D eigenvalue weighted by Gasteiger charge is 2.19. The molecule has 0 saturated carbocycles. The smallest absolute Gasteiger partial charge is 0.305 e. The Bertz CT molecular complexity index is 668. The van der Waals surface area contributed by atoms with Crippen LogP contribution in [0.2, 0.25) is 0 Å². The molecule has 0 radical (unpaired) electrons. The van der Waals surface area contributed by atoms with Crippen LogP contribution in [0.1, 0.15) is 41.7 Å². The molecule has 126 valence electrons. The number of carbonyl (C=O) groups excluding carboxylic acids is 1. The maximum absolute atomic E-state index is 12.3. The van der Waals surface area contributed by atoms with E-state index in [1.807, 2.05) is 13.0 Å². The van der Waals surface area contributed by atoms with Gasteiger partial charge in [-0.2, -0.15) is 0 Å². The average Bonchev–Trinajstić information content (AvgIpc) is 2.60. The molecule has 2 aromatic rings. The summed E-state index contributed by atoms with van der Waals surface area (Å²) in [5.41, 5.74) is 1.22. The van der Waals surface area contributed by atoms with Crippen molar-refractivity contribution in [2.75, 3.05) is 6.61 Å². The molecule has 0 fully saturated rings. The van der Waals surface area contributed by atoms with Gasteiger partial charge in [0.15, 0.2) is 0 Å². The maximum Gasteiger partial charge on any atom is 0.305 e. The number of amides is 1. The van der Waals surface area contributed by atoms with Gasteiger partial charge in [0, 0.05) is 5.56 Å². The van der Waals surface area contributed by atoms with Crippen molar-refractivity contribution in [3.63, 3.8) is 0 Å². The van der Waals surface area contributed by atoms with Gasteiger partial charge < -0.3 is 15.2 Å². The first-order chi connectivity index (χ1) is 11.6. The van der Waals surface area contributed by atoms with E-state index in [0.29, 0.717) is 12.2 Å². The van der Waals surface area contributed by atoms with E-state index < -0.39 is 12.0 Å². The Morgan fingerprint density at radius 1 is 1.08 bits per heavy atom. The van der Waals surface area contributed by atoms with E-state index in [9.17, 15) is 9.59 Å².